The van der Waals surface area contributed by atoms with Gasteiger partial charge in [0.05, 0.1) is 6.54 Å². The zero-order valence-corrected chi connectivity index (χ0v) is 13.7. The molecule has 2 rings (SSSR count). The van der Waals surface area contributed by atoms with Crippen molar-refractivity contribution in [3.8, 4) is 0 Å². The molecule has 0 spiro atoms. The van der Waals surface area contributed by atoms with E-state index in [1.807, 2.05) is 18.2 Å². The molecule has 0 saturated heterocycles. The zero-order chi connectivity index (χ0) is 15.9. The highest BCUT2D eigenvalue weighted by Crippen LogP contribution is 2.18. The summed E-state index contributed by atoms with van der Waals surface area (Å²) >= 11 is 6.13. The number of halogens is 1. The first-order valence-electron chi connectivity index (χ1n) is 7.84. The van der Waals surface area contributed by atoms with E-state index in [-0.39, 0.29) is 24.4 Å². The summed E-state index contributed by atoms with van der Waals surface area (Å²) in [5.74, 6) is -0.215. The van der Waals surface area contributed by atoms with Gasteiger partial charge in [0, 0.05) is 24.5 Å². The topological polar surface area (TPSA) is 49.4 Å². The van der Waals surface area contributed by atoms with E-state index in [9.17, 15) is 9.59 Å². The van der Waals surface area contributed by atoms with Crippen molar-refractivity contribution < 1.29 is 9.59 Å². The summed E-state index contributed by atoms with van der Waals surface area (Å²) in [5, 5.41) is 3.65. The molecule has 1 fully saturated rings. The number of hydrogen-bond acceptors (Lipinski definition) is 2. The number of rotatable bonds is 5. The van der Waals surface area contributed by atoms with E-state index in [0.29, 0.717) is 11.6 Å². The molecule has 0 aliphatic heterocycles. The fourth-order valence-corrected chi connectivity index (χ4v) is 3.00. The maximum atomic E-state index is 12.2. The summed E-state index contributed by atoms with van der Waals surface area (Å²) in [5.41, 5.74) is 0.852. The number of carbonyl (C=O) groups excluding carboxylic acids is 2. The third-order valence-corrected chi connectivity index (χ3v) is 4.44. The van der Waals surface area contributed by atoms with Gasteiger partial charge in [0.15, 0.2) is 0 Å². The fourth-order valence-electron chi connectivity index (χ4n) is 2.80. The van der Waals surface area contributed by atoms with Crippen LogP contribution in [0.4, 0.5) is 0 Å². The van der Waals surface area contributed by atoms with Crippen LogP contribution in [0.3, 0.4) is 0 Å². The Labute approximate surface area is 136 Å². The van der Waals surface area contributed by atoms with E-state index in [2.05, 4.69) is 5.32 Å². The zero-order valence-electron chi connectivity index (χ0n) is 13.0. The average molecular weight is 323 g/mol. The SMILES string of the molecule is CC(=O)N(CC(=O)NC1CCCCC1)Cc1ccccc1Cl. The van der Waals surface area contributed by atoms with Crippen LogP contribution in [0.1, 0.15) is 44.6 Å². The molecule has 1 aromatic rings. The van der Waals surface area contributed by atoms with Crippen LogP contribution in [0.15, 0.2) is 24.3 Å². The van der Waals surface area contributed by atoms with Crippen LogP contribution in [-0.2, 0) is 16.1 Å². The lowest BCUT2D eigenvalue weighted by Gasteiger charge is -2.25. The lowest BCUT2D eigenvalue weighted by atomic mass is 9.95. The van der Waals surface area contributed by atoms with E-state index in [4.69, 9.17) is 11.6 Å². The van der Waals surface area contributed by atoms with Gasteiger partial charge in [-0.05, 0) is 24.5 Å². The smallest absolute Gasteiger partial charge is 0.239 e. The second kappa shape index (κ2) is 8.18. The Hall–Kier alpha value is -1.55. The number of amides is 2. The molecule has 120 valence electrons. The van der Waals surface area contributed by atoms with Crippen molar-refractivity contribution in [1.29, 1.82) is 0 Å². The molecule has 0 radical (unpaired) electrons. The molecule has 0 unspecified atom stereocenters. The molecule has 5 heteroatoms. The summed E-state index contributed by atoms with van der Waals surface area (Å²) in [7, 11) is 0. The standard InChI is InChI=1S/C17H23ClN2O2/c1-13(21)20(11-14-7-5-6-10-16(14)18)12-17(22)19-15-8-3-2-4-9-15/h5-7,10,15H,2-4,8-9,11-12H2,1H3,(H,19,22). The molecule has 4 nitrogen and oxygen atoms in total. The third-order valence-electron chi connectivity index (χ3n) is 4.07. The number of nitrogens with one attached hydrogen (secondary N) is 1. The van der Waals surface area contributed by atoms with Crippen molar-refractivity contribution in [2.24, 2.45) is 0 Å². The van der Waals surface area contributed by atoms with Crippen LogP contribution in [0.2, 0.25) is 5.02 Å². The molecule has 2 amide bonds. The molecule has 0 aromatic heterocycles. The minimum Gasteiger partial charge on any atom is -0.352 e. The number of hydrogen-bond donors (Lipinski definition) is 1. The highest BCUT2D eigenvalue weighted by atomic mass is 35.5. The maximum Gasteiger partial charge on any atom is 0.239 e. The molecule has 1 aliphatic carbocycles. The van der Waals surface area contributed by atoms with E-state index in [1.165, 1.54) is 31.1 Å². The Morgan fingerprint density at radius 2 is 1.91 bits per heavy atom. The second-order valence-corrected chi connectivity index (χ2v) is 6.28. The van der Waals surface area contributed by atoms with Crippen molar-refractivity contribution in [1.82, 2.24) is 10.2 Å². The van der Waals surface area contributed by atoms with E-state index in [0.717, 1.165) is 18.4 Å². The van der Waals surface area contributed by atoms with Crippen LogP contribution in [0.5, 0.6) is 0 Å². The minimum atomic E-state index is -0.126. The second-order valence-electron chi connectivity index (χ2n) is 5.87. The lowest BCUT2D eigenvalue weighted by molar-refractivity contribution is -0.135. The molecule has 0 atom stereocenters. The van der Waals surface area contributed by atoms with Gasteiger partial charge in [0.1, 0.15) is 0 Å². The largest absolute Gasteiger partial charge is 0.352 e. The third kappa shape index (κ3) is 5.02. The fraction of sp³-hybridized carbons (Fsp3) is 0.529. The van der Waals surface area contributed by atoms with Gasteiger partial charge in [-0.1, -0.05) is 49.1 Å². The highest BCUT2D eigenvalue weighted by molar-refractivity contribution is 6.31. The predicted octanol–water partition coefficient (Wildman–Crippen LogP) is 3.14. The Balaban J connectivity index is 1.92. The summed E-state index contributed by atoms with van der Waals surface area (Å²) in [6.07, 6.45) is 5.66. The molecule has 22 heavy (non-hydrogen) atoms. The molecule has 1 aromatic carbocycles. The Morgan fingerprint density at radius 3 is 2.55 bits per heavy atom. The Kier molecular flexibility index (Phi) is 6.25. The first-order chi connectivity index (χ1) is 10.6. The maximum absolute atomic E-state index is 12.2. The van der Waals surface area contributed by atoms with Crippen LogP contribution >= 0.6 is 11.6 Å². The van der Waals surface area contributed by atoms with Crippen LogP contribution in [-0.4, -0.2) is 29.3 Å². The summed E-state index contributed by atoms with van der Waals surface area (Å²) in [6, 6.07) is 7.64. The van der Waals surface area contributed by atoms with Crippen LogP contribution < -0.4 is 5.32 Å². The quantitative estimate of drug-likeness (QED) is 0.905. The van der Waals surface area contributed by atoms with E-state index >= 15 is 0 Å². The van der Waals surface area contributed by atoms with E-state index < -0.39 is 0 Å². The molecule has 1 N–H and O–H groups in total. The molecular formula is C17H23ClN2O2. The molecule has 1 saturated carbocycles. The van der Waals surface area contributed by atoms with Crippen molar-refractivity contribution in [2.75, 3.05) is 6.54 Å². The monoisotopic (exact) mass is 322 g/mol. The van der Waals surface area contributed by atoms with Crippen molar-refractivity contribution in [3.63, 3.8) is 0 Å². The normalized spacial score (nSPS) is 15.4. The molecule has 0 bridgehead atoms. The Bertz CT molecular complexity index is 527. The summed E-state index contributed by atoms with van der Waals surface area (Å²) in [6.45, 7) is 1.91. The predicted molar refractivity (Wildman–Crippen MR) is 87.6 cm³/mol. The van der Waals surface area contributed by atoms with Gasteiger partial charge in [-0.2, -0.15) is 0 Å². The molecular weight excluding hydrogens is 300 g/mol. The molecule has 0 heterocycles. The van der Waals surface area contributed by atoms with Gasteiger partial charge in [0.2, 0.25) is 11.8 Å². The van der Waals surface area contributed by atoms with Gasteiger partial charge >= 0.3 is 0 Å². The summed E-state index contributed by atoms with van der Waals surface area (Å²) < 4.78 is 0. The first-order valence-corrected chi connectivity index (χ1v) is 8.22. The first kappa shape index (κ1) is 16.8. The highest BCUT2D eigenvalue weighted by Gasteiger charge is 2.19. The van der Waals surface area contributed by atoms with E-state index in [1.54, 1.807) is 6.07 Å². The minimum absolute atomic E-state index is 0.0804. The van der Waals surface area contributed by atoms with Crippen molar-refractivity contribution in [3.05, 3.63) is 34.9 Å². The summed E-state index contributed by atoms with van der Waals surface area (Å²) in [4.78, 5) is 25.5. The van der Waals surface area contributed by atoms with Crippen LogP contribution in [0.25, 0.3) is 0 Å². The van der Waals surface area contributed by atoms with Gasteiger partial charge in [0.25, 0.3) is 0 Å². The van der Waals surface area contributed by atoms with Crippen molar-refractivity contribution in [2.45, 2.75) is 51.6 Å². The van der Waals surface area contributed by atoms with Crippen molar-refractivity contribution >= 4 is 23.4 Å². The van der Waals surface area contributed by atoms with Crippen LogP contribution in [0, 0.1) is 0 Å². The number of nitrogens with zero attached hydrogens (tertiary/aromatic N) is 1. The number of carbonyl (C=O) groups is 2. The molecule has 1 aliphatic rings. The number of benzene rings is 1. The Morgan fingerprint density at radius 1 is 1.23 bits per heavy atom. The van der Waals surface area contributed by atoms with Gasteiger partial charge in [-0.3, -0.25) is 9.59 Å². The average Bonchev–Trinajstić information content (AvgIpc) is 2.49. The lowest BCUT2D eigenvalue weighted by Crippen LogP contribution is -2.44. The van der Waals surface area contributed by atoms with Gasteiger partial charge in [-0.25, -0.2) is 0 Å². The van der Waals surface area contributed by atoms with Gasteiger partial charge < -0.3 is 10.2 Å². The van der Waals surface area contributed by atoms with Gasteiger partial charge in [-0.15, -0.1) is 0 Å².